The maximum absolute atomic E-state index is 12.3. The van der Waals surface area contributed by atoms with Crippen LogP contribution in [0.3, 0.4) is 0 Å². The molecule has 12 heteroatoms. The van der Waals surface area contributed by atoms with Gasteiger partial charge in [0, 0.05) is 0 Å². The Morgan fingerprint density at radius 2 is 1.59 bits per heavy atom. The number of carboxylic acids is 1. The average Bonchev–Trinajstić information content (AvgIpc) is 2.65. The number of carbonyl (C=O) groups excluding carboxylic acids is 4. The molecule has 0 radical (unpaired) electrons. The van der Waals surface area contributed by atoms with Gasteiger partial charge in [-0.1, -0.05) is 12.1 Å². The second-order valence-corrected chi connectivity index (χ2v) is 6.10. The molecule has 1 rings (SSSR count). The molecular weight excluding hydrogens is 386 g/mol. The lowest BCUT2D eigenvalue weighted by Crippen LogP contribution is -2.54. The van der Waals surface area contributed by atoms with E-state index < -0.39 is 61.2 Å². The van der Waals surface area contributed by atoms with Gasteiger partial charge >= 0.3 is 5.97 Å². The Bertz CT molecular complexity index is 766. The fraction of sp³-hybridized carbons (Fsp3) is 0.353. The topological polar surface area (TPSA) is 214 Å². The number of aliphatic carboxylic acids is 1. The van der Waals surface area contributed by atoms with Gasteiger partial charge in [0.1, 0.15) is 18.3 Å². The van der Waals surface area contributed by atoms with Crippen LogP contribution in [0.1, 0.15) is 12.0 Å². The number of carboxylic acid groups (broad SMARTS) is 1. The molecule has 1 aromatic carbocycles. The zero-order valence-electron chi connectivity index (χ0n) is 15.4. The fourth-order valence-electron chi connectivity index (χ4n) is 2.20. The molecule has 4 amide bonds. The molecule has 29 heavy (non-hydrogen) atoms. The molecule has 0 fully saturated rings. The largest absolute Gasteiger partial charge is 0.508 e. The van der Waals surface area contributed by atoms with Crippen molar-refractivity contribution in [2.24, 2.45) is 11.5 Å². The van der Waals surface area contributed by atoms with Crippen molar-refractivity contribution in [3.05, 3.63) is 29.8 Å². The lowest BCUT2D eigenvalue weighted by Gasteiger charge is -2.19. The van der Waals surface area contributed by atoms with Gasteiger partial charge in [0.2, 0.25) is 23.6 Å². The number of amides is 4. The summed E-state index contributed by atoms with van der Waals surface area (Å²) in [6, 6.07) is 3.59. The van der Waals surface area contributed by atoms with E-state index in [1.807, 2.05) is 5.32 Å². The zero-order valence-corrected chi connectivity index (χ0v) is 15.4. The third-order valence-corrected chi connectivity index (χ3v) is 3.63. The van der Waals surface area contributed by atoms with E-state index in [2.05, 4.69) is 10.6 Å². The number of phenolic OH excluding ortho intramolecular Hbond substituents is 1. The first-order valence-electron chi connectivity index (χ1n) is 8.47. The highest BCUT2D eigenvalue weighted by atomic mass is 16.4. The van der Waals surface area contributed by atoms with Gasteiger partial charge in [0.05, 0.1) is 19.0 Å². The molecule has 9 N–H and O–H groups in total. The van der Waals surface area contributed by atoms with Crippen LogP contribution in [-0.4, -0.2) is 65.0 Å². The maximum Gasteiger partial charge on any atom is 0.322 e. The van der Waals surface area contributed by atoms with Crippen molar-refractivity contribution in [3.8, 4) is 5.75 Å². The van der Waals surface area contributed by atoms with Crippen molar-refractivity contribution >= 4 is 29.6 Å². The molecule has 0 aliphatic heterocycles. The summed E-state index contributed by atoms with van der Waals surface area (Å²) in [5.74, 6) is -4.43. The van der Waals surface area contributed by atoms with Gasteiger partial charge in [-0.25, -0.2) is 0 Å². The van der Waals surface area contributed by atoms with E-state index in [0.29, 0.717) is 5.56 Å². The predicted molar refractivity (Wildman–Crippen MR) is 99.2 cm³/mol. The SMILES string of the molecule is NC(=O)CC(NC(=O)C(N)Cc1ccc(O)cc1)C(=O)NCC(=O)NCC(=O)O. The Balaban J connectivity index is 2.63. The van der Waals surface area contributed by atoms with Crippen LogP contribution >= 0.6 is 0 Å². The van der Waals surface area contributed by atoms with E-state index in [9.17, 15) is 29.1 Å². The number of hydrogen-bond acceptors (Lipinski definition) is 7. The number of primary amides is 1. The van der Waals surface area contributed by atoms with E-state index in [0.717, 1.165) is 0 Å². The van der Waals surface area contributed by atoms with Crippen LogP contribution in [-0.2, 0) is 30.4 Å². The molecule has 1 aromatic rings. The van der Waals surface area contributed by atoms with Crippen molar-refractivity contribution in [1.29, 1.82) is 0 Å². The second kappa shape index (κ2) is 11.2. The number of aromatic hydroxyl groups is 1. The maximum atomic E-state index is 12.3. The minimum Gasteiger partial charge on any atom is -0.508 e. The van der Waals surface area contributed by atoms with Crippen molar-refractivity contribution < 1.29 is 34.2 Å². The number of phenols is 1. The van der Waals surface area contributed by atoms with Gasteiger partial charge in [0.15, 0.2) is 0 Å². The van der Waals surface area contributed by atoms with E-state index in [1.165, 1.54) is 12.1 Å². The van der Waals surface area contributed by atoms with E-state index >= 15 is 0 Å². The first kappa shape index (κ1) is 23.4. The Hall–Kier alpha value is -3.67. The molecule has 0 aliphatic rings. The summed E-state index contributed by atoms with van der Waals surface area (Å²) in [6.07, 6.45) is -0.422. The first-order chi connectivity index (χ1) is 13.6. The van der Waals surface area contributed by atoms with Crippen molar-refractivity contribution in [1.82, 2.24) is 16.0 Å². The van der Waals surface area contributed by atoms with Gasteiger partial charge in [-0.15, -0.1) is 0 Å². The van der Waals surface area contributed by atoms with E-state index in [-0.39, 0.29) is 12.2 Å². The highest BCUT2D eigenvalue weighted by molar-refractivity contribution is 5.94. The number of hydrogen-bond donors (Lipinski definition) is 7. The van der Waals surface area contributed by atoms with Gasteiger partial charge < -0.3 is 37.6 Å². The molecule has 0 bridgehead atoms. The number of nitrogens with two attached hydrogens (primary N) is 2. The van der Waals surface area contributed by atoms with Crippen LogP contribution in [0.5, 0.6) is 5.75 Å². The number of rotatable bonds is 11. The fourth-order valence-corrected chi connectivity index (χ4v) is 2.20. The van der Waals surface area contributed by atoms with Gasteiger partial charge in [0.25, 0.3) is 0 Å². The summed E-state index contributed by atoms with van der Waals surface area (Å²) in [7, 11) is 0. The van der Waals surface area contributed by atoms with Crippen LogP contribution < -0.4 is 27.4 Å². The minimum absolute atomic E-state index is 0.0531. The molecule has 12 nitrogen and oxygen atoms in total. The Morgan fingerprint density at radius 1 is 0.966 bits per heavy atom. The van der Waals surface area contributed by atoms with Gasteiger partial charge in [-0.3, -0.25) is 24.0 Å². The molecule has 0 heterocycles. The number of benzene rings is 1. The summed E-state index contributed by atoms with van der Waals surface area (Å²) >= 11 is 0. The van der Waals surface area contributed by atoms with Crippen LogP contribution in [0.15, 0.2) is 24.3 Å². The van der Waals surface area contributed by atoms with Gasteiger partial charge in [-0.2, -0.15) is 0 Å². The average molecular weight is 409 g/mol. The first-order valence-corrected chi connectivity index (χ1v) is 8.47. The summed E-state index contributed by atoms with van der Waals surface area (Å²) in [5.41, 5.74) is 11.6. The highest BCUT2D eigenvalue weighted by Gasteiger charge is 2.26. The van der Waals surface area contributed by atoms with Gasteiger partial charge in [-0.05, 0) is 24.1 Å². The van der Waals surface area contributed by atoms with E-state index in [1.54, 1.807) is 12.1 Å². The van der Waals surface area contributed by atoms with Crippen molar-refractivity contribution in [2.45, 2.75) is 24.9 Å². The Kier molecular flexibility index (Phi) is 9.05. The molecule has 158 valence electrons. The van der Waals surface area contributed by atoms with Crippen LogP contribution in [0.2, 0.25) is 0 Å². The van der Waals surface area contributed by atoms with Crippen molar-refractivity contribution in [3.63, 3.8) is 0 Å². The predicted octanol–water partition coefficient (Wildman–Crippen LogP) is -3.06. The zero-order chi connectivity index (χ0) is 22.0. The third kappa shape index (κ3) is 9.19. The highest BCUT2D eigenvalue weighted by Crippen LogP contribution is 2.11. The molecule has 0 saturated heterocycles. The number of carbonyl (C=O) groups is 5. The van der Waals surface area contributed by atoms with Crippen molar-refractivity contribution in [2.75, 3.05) is 13.1 Å². The monoisotopic (exact) mass is 409 g/mol. The summed E-state index contributed by atoms with van der Waals surface area (Å²) in [6.45, 7) is -1.18. The van der Waals surface area contributed by atoms with E-state index in [4.69, 9.17) is 16.6 Å². The molecule has 2 atom stereocenters. The second-order valence-electron chi connectivity index (χ2n) is 6.10. The summed E-state index contributed by atoms with van der Waals surface area (Å²) < 4.78 is 0. The Labute approximate surface area is 165 Å². The molecule has 0 aromatic heterocycles. The molecule has 2 unspecified atom stereocenters. The third-order valence-electron chi connectivity index (χ3n) is 3.63. The van der Waals surface area contributed by atoms with Crippen LogP contribution in [0.25, 0.3) is 0 Å². The van der Waals surface area contributed by atoms with Crippen LogP contribution in [0, 0.1) is 0 Å². The smallest absolute Gasteiger partial charge is 0.322 e. The quantitative estimate of drug-likeness (QED) is 0.199. The lowest BCUT2D eigenvalue weighted by atomic mass is 10.0. The molecular formula is C17H23N5O7. The number of nitrogens with one attached hydrogen (secondary N) is 3. The standard InChI is InChI=1S/C17H23N5O7/c18-11(5-9-1-3-10(23)4-2-9)16(28)22-12(6-13(19)24)17(29)21-7-14(25)20-8-15(26)27/h1-4,11-12,23H,5-8,18H2,(H2,19,24)(H,20,25)(H,21,29)(H,22,28)(H,26,27). The summed E-state index contributed by atoms with van der Waals surface area (Å²) in [4.78, 5) is 57.5. The molecule has 0 saturated carbocycles. The normalized spacial score (nSPS) is 12.3. The molecule has 0 aliphatic carbocycles. The molecule has 0 spiro atoms. The summed E-state index contributed by atoms with van der Waals surface area (Å²) in [5, 5.41) is 24.2. The van der Waals surface area contributed by atoms with Crippen LogP contribution in [0.4, 0.5) is 0 Å². The minimum atomic E-state index is -1.36. The Morgan fingerprint density at radius 3 is 2.14 bits per heavy atom. The lowest BCUT2D eigenvalue weighted by molar-refractivity contribution is -0.138.